The maximum absolute atomic E-state index is 10.8. The molecule has 0 aliphatic heterocycles. The quantitative estimate of drug-likeness (QED) is 0.801. The molecule has 23 heavy (non-hydrogen) atoms. The summed E-state index contributed by atoms with van der Waals surface area (Å²) in [6.45, 7) is 14.7. The minimum atomic E-state index is -0.139. The average Bonchev–Trinajstić information content (AvgIpc) is 2.85. The molecule has 2 aromatic rings. The molecule has 0 aliphatic rings. The van der Waals surface area contributed by atoms with Crippen molar-refractivity contribution in [1.29, 1.82) is 0 Å². The smallest absolute Gasteiger partial charge is 0.123 e. The summed E-state index contributed by atoms with van der Waals surface area (Å²) in [6.07, 6.45) is 0. The Bertz CT molecular complexity index is 668. The number of phenols is 1. The molecule has 0 fully saturated rings. The Kier molecular flexibility index (Phi) is 4.62. The number of benzene rings is 1. The molecule has 2 rings (SSSR count). The first-order chi connectivity index (χ1) is 10.4. The molecule has 0 bridgehead atoms. The van der Waals surface area contributed by atoms with Crippen LogP contribution in [0.2, 0.25) is 0 Å². The number of aromatic nitrogens is 1. The molecule has 0 saturated carbocycles. The molecule has 4 heteroatoms. The Morgan fingerprint density at radius 2 is 1.52 bits per heavy atom. The lowest BCUT2D eigenvalue weighted by molar-refractivity contribution is 0.423. The first-order valence-electron chi connectivity index (χ1n) is 8.00. The van der Waals surface area contributed by atoms with Gasteiger partial charge in [-0.25, -0.2) is 4.98 Å². The lowest BCUT2D eigenvalue weighted by Gasteiger charge is -2.28. The summed E-state index contributed by atoms with van der Waals surface area (Å²) in [7, 11) is 0. The number of rotatable bonds is 2. The maximum atomic E-state index is 10.8. The van der Waals surface area contributed by atoms with Gasteiger partial charge in [0.15, 0.2) is 0 Å². The number of thiazole rings is 1. The van der Waals surface area contributed by atoms with Crippen molar-refractivity contribution < 1.29 is 5.11 Å². The summed E-state index contributed by atoms with van der Waals surface area (Å²) in [5.41, 5.74) is 9.54. The van der Waals surface area contributed by atoms with Crippen molar-refractivity contribution in [3.63, 3.8) is 0 Å². The summed E-state index contributed by atoms with van der Waals surface area (Å²) in [6, 6.07) is 4.06. The van der Waals surface area contributed by atoms with E-state index in [1.54, 1.807) is 11.3 Å². The molecule has 1 aromatic carbocycles. The number of hydrogen-bond acceptors (Lipinski definition) is 4. The van der Waals surface area contributed by atoms with Crippen LogP contribution in [0.5, 0.6) is 5.75 Å². The molecule has 1 heterocycles. The third-order valence-electron chi connectivity index (χ3n) is 3.93. The van der Waals surface area contributed by atoms with E-state index in [1.165, 1.54) is 0 Å². The van der Waals surface area contributed by atoms with Gasteiger partial charge in [0, 0.05) is 22.1 Å². The Morgan fingerprint density at radius 3 is 1.87 bits per heavy atom. The Balaban J connectivity index is 2.68. The minimum Gasteiger partial charge on any atom is -0.507 e. The van der Waals surface area contributed by atoms with Crippen molar-refractivity contribution in [1.82, 2.24) is 4.98 Å². The van der Waals surface area contributed by atoms with Crippen LogP contribution in [-0.2, 0) is 10.8 Å². The minimum absolute atomic E-state index is 0.0601. The largest absolute Gasteiger partial charge is 0.507 e. The first kappa shape index (κ1) is 18.0. The highest BCUT2D eigenvalue weighted by atomic mass is 32.1. The molecule has 126 valence electrons. The van der Waals surface area contributed by atoms with Gasteiger partial charge >= 0.3 is 0 Å². The highest BCUT2D eigenvalue weighted by Gasteiger charge is 2.27. The number of phenolic OH excluding ortho intramolecular Hbond substituents is 1. The summed E-state index contributed by atoms with van der Waals surface area (Å²) in [4.78, 5) is 4.67. The van der Waals surface area contributed by atoms with E-state index >= 15 is 0 Å². The number of aromatic hydroxyl groups is 1. The van der Waals surface area contributed by atoms with Crippen LogP contribution in [0.25, 0.3) is 11.3 Å². The van der Waals surface area contributed by atoms with Crippen LogP contribution in [0, 0.1) is 0 Å². The van der Waals surface area contributed by atoms with E-state index in [-0.39, 0.29) is 16.9 Å². The maximum Gasteiger partial charge on any atom is 0.123 e. The van der Waals surface area contributed by atoms with Crippen molar-refractivity contribution in [3.8, 4) is 17.0 Å². The van der Waals surface area contributed by atoms with Crippen LogP contribution < -0.4 is 5.73 Å². The summed E-state index contributed by atoms with van der Waals surface area (Å²) < 4.78 is 0. The topological polar surface area (TPSA) is 59.1 Å². The second-order valence-corrected chi connectivity index (χ2v) is 9.17. The van der Waals surface area contributed by atoms with Crippen LogP contribution in [-0.4, -0.2) is 10.1 Å². The first-order valence-corrected chi connectivity index (χ1v) is 8.88. The second-order valence-electron chi connectivity index (χ2n) is 8.28. The number of nitrogens with two attached hydrogens (primary N) is 1. The van der Waals surface area contributed by atoms with Crippen molar-refractivity contribution in [3.05, 3.63) is 33.6 Å². The van der Waals surface area contributed by atoms with Gasteiger partial charge in [-0.1, -0.05) is 41.5 Å². The zero-order chi connectivity index (χ0) is 17.6. The summed E-state index contributed by atoms with van der Waals surface area (Å²) in [5.74, 6) is 0.399. The Morgan fingerprint density at radius 1 is 1.04 bits per heavy atom. The predicted molar refractivity (Wildman–Crippen MR) is 99.2 cm³/mol. The molecule has 0 amide bonds. The van der Waals surface area contributed by atoms with E-state index in [4.69, 9.17) is 5.73 Å². The van der Waals surface area contributed by atoms with Crippen molar-refractivity contribution in [2.45, 2.75) is 65.3 Å². The molecule has 0 unspecified atom stereocenters. The fraction of sp³-hybridized carbons (Fsp3) is 0.526. The monoisotopic (exact) mass is 332 g/mol. The van der Waals surface area contributed by atoms with E-state index in [1.807, 2.05) is 12.3 Å². The SMILES string of the molecule is C[C@@H](N)c1nc(-c2cc(C(C)(C)C)c(O)c(C(C)(C)C)c2)cs1. The summed E-state index contributed by atoms with van der Waals surface area (Å²) in [5, 5.41) is 13.8. The van der Waals surface area contributed by atoms with E-state index in [0.29, 0.717) is 5.75 Å². The molecule has 3 N–H and O–H groups in total. The van der Waals surface area contributed by atoms with Gasteiger partial charge in [-0.2, -0.15) is 0 Å². The third kappa shape index (κ3) is 3.75. The Hall–Kier alpha value is -1.39. The van der Waals surface area contributed by atoms with E-state index in [0.717, 1.165) is 27.4 Å². The lowest BCUT2D eigenvalue weighted by Crippen LogP contribution is -2.17. The zero-order valence-corrected chi connectivity index (χ0v) is 16.0. The molecule has 1 atom stereocenters. The number of hydrogen-bond donors (Lipinski definition) is 2. The highest BCUT2D eigenvalue weighted by molar-refractivity contribution is 7.10. The van der Waals surface area contributed by atoms with Crippen LogP contribution in [0.4, 0.5) is 0 Å². The highest BCUT2D eigenvalue weighted by Crippen LogP contribution is 2.42. The molecule has 1 aromatic heterocycles. The van der Waals surface area contributed by atoms with E-state index in [2.05, 4.69) is 58.7 Å². The average molecular weight is 333 g/mol. The molecule has 0 radical (unpaired) electrons. The number of nitrogens with zero attached hydrogens (tertiary/aromatic N) is 1. The third-order valence-corrected chi connectivity index (χ3v) is 4.98. The molecule has 0 saturated heterocycles. The predicted octanol–water partition coefficient (Wildman–Crippen LogP) is 5.13. The van der Waals surface area contributed by atoms with Gasteiger partial charge < -0.3 is 10.8 Å². The van der Waals surface area contributed by atoms with Gasteiger partial charge in [-0.15, -0.1) is 11.3 Å². The van der Waals surface area contributed by atoms with E-state index in [9.17, 15) is 5.11 Å². The van der Waals surface area contributed by atoms with Crippen molar-refractivity contribution in [2.24, 2.45) is 5.73 Å². The Labute approximate surface area is 143 Å². The van der Waals surface area contributed by atoms with Crippen LogP contribution in [0.3, 0.4) is 0 Å². The normalized spacial score (nSPS) is 14.1. The van der Waals surface area contributed by atoms with Gasteiger partial charge in [-0.3, -0.25) is 0 Å². The molecular formula is C19H28N2OS. The second kappa shape index (κ2) is 5.91. The molecule has 0 spiro atoms. The van der Waals surface area contributed by atoms with Gasteiger partial charge in [0.2, 0.25) is 0 Å². The molecular weight excluding hydrogens is 304 g/mol. The van der Waals surface area contributed by atoms with Gasteiger partial charge in [0.25, 0.3) is 0 Å². The molecule has 3 nitrogen and oxygen atoms in total. The standard InChI is InChI=1S/C19H28N2OS/c1-11(20)17-21-15(10-23-17)12-8-13(18(2,3)4)16(22)14(9-12)19(5,6)7/h8-11,22H,20H2,1-7H3/t11-/m1/s1. The van der Waals surface area contributed by atoms with Crippen LogP contribution in [0.1, 0.15) is 70.6 Å². The fourth-order valence-electron chi connectivity index (χ4n) is 2.56. The summed E-state index contributed by atoms with van der Waals surface area (Å²) >= 11 is 1.58. The zero-order valence-electron chi connectivity index (χ0n) is 15.2. The molecule has 0 aliphatic carbocycles. The fourth-order valence-corrected chi connectivity index (χ4v) is 3.34. The van der Waals surface area contributed by atoms with Crippen molar-refractivity contribution in [2.75, 3.05) is 0 Å². The van der Waals surface area contributed by atoms with Crippen LogP contribution in [0.15, 0.2) is 17.5 Å². The van der Waals surface area contributed by atoms with Gasteiger partial charge in [-0.05, 0) is 29.9 Å². The van der Waals surface area contributed by atoms with Crippen molar-refractivity contribution >= 4 is 11.3 Å². The lowest BCUT2D eigenvalue weighted by atomic mass is 9.78. The van der Waals surface area contributed by atoms with Gasteiger partial charge in [0.05, 0.1) is 11.7 Å². The van der Waals surface area contributed by atoms with E-state index < -0.39 is 0 Å². The van der Waals surface area contributed by atoms with Gasteiger partial charge in [0.1, 0.15) is 10.8 Å². The van der Waals surface area contributed by atoms with Crippen LogP contribution >= 0.6 is 11.3 Å².